The first-order chi connectivity index (χ1) is 16.3. The number of rotatable bonds is 8. The Morgan fingerprint density at radius 1 is 1.12 bits per heavy atom. The van der Waals surface area contributed by atoms with Crippen LogP contribution in [0.5, 0.6) is 5.75 Å². The third-order valence-corrected chi connectivity index (χ3v) is 7.06. The van der Waals surface area contributed by atoms with E-state index < -0.39 is 5.97 Å². The largest absolute Gasteiger partial charge is 0.488 e. The van der Waals surface area contributed by atoms with Crippen LogP contribution in [0.1, 0.15) is 68.3 Å². The summed E-state index contributed by atoms with van der Waals surface area (Å²) in [6.45, 7) is 3.71. The van der Waals surface area contributed by atoms with E-state index in [1.165, 1.54) is 0 Å². The Bertz CT molecular complexity index is 1030. The molecule has 0 saturated heterocycles. The lowest BCUT2D eigenvalue weighted by Crippen LogP contribution is -2.35. The van der Waals surface area contributed by atoms with E-state index in [0.29, 0.717) is 34.2 Å². The second kappa shape index (κ2) is 10.4. The predicted octanol–water partition coefficient (Wildman–Crippen LogP) is 4.89. The summed E-state index contributed by atoms with van der Waals surface area (Å²) in [5, 5.41) is 13.2. The van der Waals surface area contributed by atoms with Crippen molar-refractivity contribution in [2.45, 2.75) is 84.0 Å². The first kappa shape index (κ1) is 24.0. The number of carboxylic acid groups (broad SMARTS) is 1. The molecule has 0 aliphatic heterocycles. The van der Waals surface area contributed by atoms with Gasteiger partial charge in [0.2, 0.25) is 0 Å². The topological polar surface area (TPSA) is 115 Å². The van der Waals surface area contributed by atoms with E-state index in [2.05, 4.69) is 10.1 Å². The summed E-state index contributed by atoms with van der Waals surface area (Å²) in [5.74, 6) is 0.313. The Morgan fingerprint density at radius 2 is 1.88 bits per heavy atom. The molecule has 2 aliphatic rings. The normalized spacial score (nSPS) is 20.4. The van der Waals surface area contributed by atoms with E-state index in [4.69, 9.17) is 19.1 Å². The fourth-order valence-corrected chi connectivity index (χ4v) is 5.01. The quantitative estimate of drug-likeness (QED) is 0.579. The molecule has 2 aromatic heterocycles. The van der Waals surface area contributed by atoms with Gasteiger partial charge in [-0.25, -0.2) is 9.78 Å². The average Bonchev–Trinajstić information content (AvgIpc) is 3.55. The van der Waals surface area contributed by atoms with Crippen molar-refractivity contribution in [1.82, 2.24) is 15.0 Å². The Hall–Kier alpha value is -3.10. The highest BCUT2D eigenvalue weighted by atomic mass is 16.6. The minimum Gasteiger partial charge on any atom is -0.488 e. The Kier molecular flexibility index (Phi) is 7.38. The molecule has 2 saturated carbocycles. The van der Waals surface area contributed by atoms with Gasteiger partial charge in [-0.3, -0.25) is 4.79 Å². The van der Waals surface area contributed by atoms with Gasteiger partial charge in [0, 0.05) is 19.0 Å². The van der Waals surface area contributed by atoms with Gasteiger partial charge in [0.1, 0.15) is 24.2 Å². The van der Waals surface area contributed by atoms with Crippen molar-refractivity contribution in [2.24, 2.45) is 5.92 Å². The summed E-state index contributed by atoms with van der Waals surface area (Å²) in [5.41, 5.74) is 2.59. The standard InChI is InChI=1S/C25H33N3O6/c1-15-19(14-32-25(31)28(3)18-8-4-5-9-18)24(34-27-15)20-11-12-21(16(2)26-20)33-22-10-6-7-17(22)13-23(29)30/h11-12,17-18,22H,4-10,13-14H2,1-3H3,(H,29,30). The Labute approximate surface area is 199 Å². The fraction of sp³-hybridized carbons (Fsp3) is 0.600. The number of carboxylic acids is 1. The third kappa shape index (κ3) is 5.34. The van der Waals surface area contributed by atoms with Crippen molar-refractivity contribution in [2.75, 3.05) is 7.05 Å². The van der Waals surface area contributed by atoms with E-state index in [1.54, 1.807) is 18.0 Å². The average molecular weight is 472 g/mol. The molecule has 1 N–H and O–H groups in total. The number of aliphatic carboxylic acids is 1. The zero-order valence-corrected chi connectivity index (χ0v) is 20.1. The summed E-state index contributed by atoms with van der Waals surface area (Å²) in [4.78, 5) is 30.0. The molecule has 184 valence electrons. The number of carbonyl (C=O) groups excluding carboxylic acids is 1. The molecule has 0 aromatic carbocycles. The minimum absolute atomic E-state index is 0.0113. The number of hydrogen-bond acceptors (Lipinski definition) is 7. The van der Waals surface area contributed by atoms with E-state index >= 15 is 0 Å². The molecule has 9 nitrogen and oxygen atoms in total. The number of pyridine rings is 1. The summed E-state index contributed by atoms with van der Waals surface area (Å²) < 4.78 is 17.3. The van der Waals surface area contributed by atoms with Gasteiger partial charge in [-0.2, -0.15) is 0 Å². The van der Waals surface area contributed by atoms with Crippen LogP contribution in [0.15, 0.2) is 16.7 Å². The van der Waals surface area contributed by atoms with Crippen LogP contribution in [0, 0.1) is 19.8 Å². The summed E-state index contributed by atoms with van der Waals surface area (Å²) >= 11 is 0. The first-order valence-electron chi connectivity index (χ1n) is 12.0. The molecule has 34 heavy (non-hydrogen) atoms. The van der Waals surface area contributed by atoms with Crippen LogP contribution in [0.4, 0.5) is 4.79 Å². The highest BCUT2D eigenvalue weighted by molar-refractivity contribution is 5.68. The van der Waals surface area contributed by atoms with E-state index in [0.717, 1.165) is 44.9 Å². The van der Waals surface area contributed by atoms with Gasteiger partial charge in [0.15, 0.2) is 5.76 Å². The second-order valence-corrected chi connectivity index (χ2v) is 9.40. The highest BCUT2D eigenvalue weighted by Crippen LogP contribution is 2.34. The number of nitrogens with zero attached hydrogens (tertiary/aromatic N) is 3. The molecular formula is C25H33N3O6. The predicted molar refractivity (Wildman–Crippen MR) is 123 cm³/mol. The molecular weight excluding hydrogens is 438 g/mol. The van der Waals surface area contributed by atoms with Crippen LogP contribution in [0.25, 0.3) is 11.5 Å². The monoisotopic (exact) mass is 471 g/mol. The maximum absolute atomic E-state index is 12.5. The molecule has 0 radical (unpaired) electrons. The van der Waals surface area contributed by atoms with Crippen LogP contribution in [-0.4, -0.2) is 51.4 Å². The van der Waals surface area contributed by atoms with Gasteiger partial charge < -0.3 is 24.0 Å². The smallest absolute Gasteiger partial charge is 0.410 e. The molecule has 2 heterocycles. The fourth-order valence-electron chi connectivity index (χ4n) is 5.01. The van der Waals surface area contributed by atoms with Crippen molar-refractivity contribution < 1.29 is 28.7 Å². The zero-order chi connectivity index (χ0) is 24.2. The van der Waals surface area contributed by atoms with Gasteiger partial charge in [-0.05, 0) is 58.1 Å². The zero-order valence-electron chi connectivity index (χ0n) is 20.1. The molecule has 0 spiro atoms. The third-order valence-electron chi connectivity index (χ3n) is 7.06. The number of carbonyl (C=O) groups is 2. The van der Waals surface area contributed by atoms with Gasteiger partial charge in [-0.1, -0.05) is 18.0 Å². The SMILES string of the molecule is Cc1nc(-c2onc(C)c2COC(=O)N(C)C2CCCC2)ccc1OC1CCCC1CC(=O)O. The lowest BCUT2D eigenvalue weighted by atomic mass is 10.0. The minimum atomic E-state index is -0.797. The van der Waals surface area contributed by atoms with Crippen molar-refractivity contribution >= 4 is 12.1 Å². The lowest BCUT2D eigenvalue weighted by Gasteiger charge is -2.23. The van der Waals surface area contributed by atoms with Crippen LogP contribution in [0.2, 0.25) is 0 Å². The van der Waals surface area contributed by atoms with Gasteiger partial charge in [0.25, 0.3) is 0 Å². The first-order valence-corrected chi connectivity index (χ1v) is 12.0. The molecule has 2 aliphatic carbocycles. The number of hydrogen-bond donors (Lipinski definition) is 1. The highest BCUT2D eigenvalue weighted by Gasteiger charge is 2.31. The maximum atomic E-state index is 12.5. The van der Waals surface area contributed by atoms with Crippen molar-refractivity contribution in [3.05, 3.63) is 29.1 Å². The van der Waals surface area contributed by atoms with E-state index in [-0.39, 0.29) is 37.2 Å². The van der Waals surface area contributed by atoms with Gasteiger partial charge in [0.05, 0.1) is 23.4 Å². The van der Waals surface area contributed by atoms with Crippen molar-refractivity contribution in [3.8, 4) is 17.2 Å². The number of amides is 1. The van der Waals surface area contributed by atoms with Crippen LogP contribution in [-0.2, 0) is 16.1 Å². The van der Waals surface area contributed by atoms with E-state index in [1.807, 2.05) is 19.9 Å². The van der Waals surface area contributed by atoms with Crippen molar-refractivity contribution in [3.63, 3.8) is 0 Å². The maximum Gasteiger partial charge on any atom is 0.410 e. The summed E-state index contributed by atoms with van der Waals surface area (Å²) in [6, 6.07) is 3.86. The van der Waals surface area contributed by atoms with Crippen LogP contribution in [0.3, 0.4) is 0 Å². The lowest BCUT2D eigenvalue weighted by molar-refractivity contribution is -0.138. The molecule has 4 rings (SSSR count). The Morgan fingerprint density at radius 3 is 2.59 bits per heavy atom. The van der Waals surface area contributed by atoms with E-state index in [9.17, 15) is 9.59 Å². The van der Waals surface area contributed by atoms with Crippen molar-refractivity contribution in [1.29, 1.82) is 0 Å². The van der Waals surface area contributed by atoms with Crippen LogP contribution >= 0.6 is 0 Å². The molecule has 2 aromatic rings. The summed E-state index contributed by atoms with van der Waals surface area (Å²) in [7, 11) is 1.79. The summed E-state index contributed by atoms with van der Waals surface area (Å²) in [6.07, 6.45) is 6.61. The molecule has 0 bridgehead atoms. The molecule has 9 heteroatoms. The van der Waals surface area contributed by atoms with Crippen LogP contribution < -0.4 is 4.74 Å². The second-order valence-electron chi connectivity index (χ2n) is 9.40. The van der Waals surface area contributed by atoms with Gasteiger partial charge >= 0.3 is 12.1 Å². The molecule has 1 amide bonds. The van der Waals surface area contributed by atoms with Gasteiger partial charge in [-0.15, -0.1) is 0 Å². The number of aromatic nitrogens is 2. The number of ether oxygens (including phenoxy) is 2. The Balaban J connectivity index is 1.44. The number of aryl methyl sites for hydroxylation is 2. The molecule has 2 fully saturated rings. The molecule has 2 unspecified atom stereocenters. The molecule has 2 atom stereocenters.